The SMILES string of the molecule is O=C=Nc1ccc2ccc(Oc3ccc4ccc(N=C=O)c(-c5ccc6ccc(N=C=O)c(-c7ccc8ccc(N=C=O)cc8c7)c6c5)c4c3)cc2c1. The molecule has 0 saturated heterocycles. The van der Waals surface area contributed by atoms with Crippen molar-refractivity contribution in [3.8, 4) is 33.8 Å². The Morgan fingerprint density at radius 2 is 0.792 bits per heavy atom. The molecule has 0 atom stereocenters. The monoisotopic (exact) mass is 686 g/mol. The molecule has 0 bridgehead atoms. The summed E-state index contributed by atoms with van der Waals surface area (Å²) in [5.74, 6) is 1.12. The van der Waals surface area contributed by atoms with Crippen LogP contribution in [0.4, 0.5) is 22.7 Å². The summed E-state index contributed by atoms with van der Waals surface area (Å²) in [7, 11) is 0. The normalized spacial score (nSPS) is 10.6. The van der Waals surface area contributed by atoms with E-state index in [-0.39, 0.29) is 0 Å². The Morgan fingerprint density at radius 1 is 0.358 bits per heavy atom. The zero-order valence-corrected chi connectivity index (χ0v) is 27.5. The molecule has 0 aromatic heterocycles. The largest absolute Gasteiger partial charge is 0.457 e. The lowest BCUT2D eigenvalue weighted by molar-refractivity contribution is 0.484. The lowest BCUT2D eigenvalue weighted by Crippen LogP contribution is -1.89. The maximum Gasteiger partial charge on any atom is 0.240 e. The number of isocyanates is 4. The summed E-state index contributed by atoms with van der Waals surface area (Å²) in [5.41, 5.74) is 4.70. The Labute approximate surface area is 300 Å². The van der Waals surface area contributed by atoms with Crippen molar-refractivity contribution >= 4 is 90.2 Å². The first-order chi connectivity index (χ1) is 26.0. The molecule has 8 rings (SSSR count). The molecule has 0 aliphatic carbocycles. The van der Waals surface area contributed by atoms with Crippen molar-refractivity contribution in [2.75, 3.05) is 0 Å². The first kappa shape index (κ1) is 32.3. The Balaban J connectivity index is 1.30. The van der Waals surface area contributed by atoms with Gasteiger partial charge in [0.15, 0.2) is 0 Å². The van der Waals surface area contributed by atoms with Crippen LogP contribution in [0.5, 0.6) is 11.5 Å². The van der Waals surface area contributed by atoms with E-state index in [4.69, 9.17) is 4.74 Å². The lowest BCUT2D eigenvalue weighted by atomic mass is 9.90. The number of carbonyl (C=O) groups excluding carboxylic acids is 4. The molecular weight excluding hydrogens is 665 g/mol. The Hall–Kier alpha value is -7.88. The van der Waals surface area contributed by atoms with Crippen LogP contribution in [0.3, 0.4) is 0 Å². The number of ether oxygens (including phenoxy) is 1. The van der Waals surface area contributed by atoms with Crippen molar-refractivity contribution in [1.82, 2.24) is 0 Å². The molecular formula is C44H22N4O5. The van der Waals surface area contributed by atoms with E-state index in [1.807, 2.05) is 97.1 Å². The minimum Gasteiger partial charge on any atom is -0.457 e. The van der Waals surface area contributed by atoms with Crippen molar-refractivity contribution < 1.29 is 23.9 Å². The van der Waals surface area contributed by atoms with Crippen LogP contribution < -0.4 is 4.74 Å². The molecule has 8 aromatic rings. The van der Waals surface area contributed by atoms with Crippen molar-refractivity contribution in [3.63, 3.8) is 0 Å². The topological polar surface area (TPSA) is 127 Å². The number of rotatable bonds is 8. The molecule has 0 saturated carbocycles. The predicted molar refractivity (Wildman–Crippen MR) is 205 cm³/mol. The van der Waals surface area contributed by atoms with Crippen LogP contribution in [-0.2, 0) is 19.2 Å². The smallest absolute Gasteiger partial charge is 0.240 e. The highest BCUT2D eigenvalue weighted by molar-refractivity contribution is 6.09. The summed E-state index contributed by atoms with van der Waals surface area (Å²) in [6.45, 7) is 0. The number of aliphatic imine (C=N–C) groups is 4. The fourth-order valence-electron chi connectivity index (χ4n) is 6.75. The minimum absolute atomic E-state index is 0.413. The molecule has 0 heterocycles. The molecule has 0 spiro atoms. The summed E-state index contributed by atoms with van der Waals surface area (Å²) >= 11 is 0. The van der Waals surface area contributed by atoms with Gasteiger partial charge in [-0.3, -0.25) is 0 Å². The van der Waals surface area contributed by atoms with Gasteiger partial charge in [0, 0.05) is 11.1 Å². The van der Waals surface area contributed by atoms with Gasteiger partial charge in [0.2, 0.25) is 24.3 Å². The highest BCUT2D eigenvalue weighted by Gasteiger charge is 2.16. The second-order valence-corrected chi connectivity index (χ2v) is 12.1. The zero-order valence-electron chi connectivity index (χ0n) is 27.5. The van der Waals surface area contributed by atoms with Crippen LogP contribution in [0.2, 0.25) is 0 Å². The highest BCUT2D eigenvalue weighted by atomic mass is 16.5. The first-order valence-corrected chi connectivity index (χ1v) is 16.3. The molecule has 0 unspecified atom stereocenters. The van der Waals surface area contributed by atoms with Crippen molar-refractivity contribution in [2.45, 2.75) is 0 Å². The fourth-order valence-corrected chi connectivity index (χ4v) is 6.75. The van der Waals surface area contributed by atoms with E-state index in [2.05, 4.69) is 20.0 Å². The maximum absolute atomic E-state index is 11.7. The molecule has 0 N–H and O–H groups in total. The number of hydrogen-bond donors (Lipinski definition) is 0. The van der Waals surface area contributed by atoms with Gasteiger partial charge in [-0.1, -0.05) is 60.7 Å². The summed E-state index contributed by atoms with van der Waals surface area (Å²) in [6, 6.07) is 41.2. The van der Waals surface area contributed by atoms with E-state index in [1.165, 1.54) is 0 Å². The van der Waals surface area contributed by atoms with Gasteiger partial charge < -0.3 is 4.74 Å². The van der Waals surface area contributed by atoms with Crippen molar-refractivity contribution in [2.24, 2.45) is 20.0 Å². The molecule has 0 amide bonds. The van der Waals surface area contributed by atoms with Crippen LogP contribution in [0.15, 0.2) is 153 Å². The van der Waals surface area contributed by atoms with Gasteiger partial charge >= 0.3 is 0 Å². The molecule has 0 fully saturated rings. The van der Waals surface area contributed by atoms with Crippen LogP contribution in [0.25, 0.3) is 65.3 Å². The van der Waals surface area contributed by atoms with Gasteiger partial charge in [-0.05, 0) is 127 Å². The maximum atomic E-state index is 11.7. The first-order valence-electron chi connectivity index (χ1n) is 16.3. The predicted octanol–water partition coefficient (Wildman–Crippen LogP) is 11.3. The second kappa shape index (κ2) is 13.8. The molecule has 8 aromatic carbocycles. The standard InChI is InChI=1S/C44H22N4O5/c49-23-45-35-11-5-27-1-3-31(17-33(27)18-35)43-39-21-32(4-2-29(39)9-15-41(43)47-25-51)44-40-22-38(14-8-30(40)10-16-42(44)48-26-52)53-37-13-7-28-6-12-36(46-24-50)19-34(28)20-37/h1-22H. The van der Waals surface area contributed by atoms with Gasteiger partial charge in [0.1, 0.15) is 11.5 Å². The number of hydrogen-bond acceptors (Lipinski definition) is 9. The number of nitrogens with zero attached hydrogens (tertiary/aromatic N) is 4. The Morgan fingerprint density at radius 3 is 1.38 bits per heavy atom. The van der Waals surface area contributed by atoms with E-state index < -0.39 is 0 Å². The second-order valence-electron chi connectivity index (χ2n) is 12.1. The van der Waals surface area contributed by atoms with Crippen LogP contribution in [-0.4, -0.2) is 24.3 Å². The third-order valence-electron chi connectivity index (χ3n) is 9.08. The molecule has 53 heavy (non-hydrogen) atoms. The molecule has 248 valence electrons. The molecule has 0 aliphatic heterocycles. The molecule has 0 radical (unpaired) electrons. The summed E-state index contributed by atoms with van der Waals surface area (Å²) < 4.78 is 6.34. The van der Waals surface area contributed by atoms with Gasteiger partial charge in [-0.2, -0.15) is 20.0 Å². The van der Waals surface area contributed by atoms with E-state index in [0.29, 0.717) is 45.4 Å². The van der Waals surface area contributed by atoms with Gasteiger partial charge in [-0.25, -0.2) is 19.2 Å². The average Bonchev–Trinajstić information content (AvgIpc) is 3.17. The van der Waals surface area contributed by atoms with E-state index >= 15 is 0 Å². The summed E-state index contributed by atoms with van der Waals surface area (Å²) in [6.07, 6.45) is 6.54. The van der Waals surface area contributed by atoms with Crippen molar-refractivity contribution in [1.29, 1.82) is 0 Å². The van der Waals surface area contributed by atoms with Crippen LogP contribution in [0.1, 0.15) is 0 Å². The Kier molecular flexibility index (Phi) is 8.41. The average molecular weight is 687 g/mol. The van der Waals surface area contributed by atoms with Crippen LogP contribution in [0, 0.1) is 0 Å². The number of benzene rings is 8. The number of fused-ring (bicyclic) bond motifs is 4. The van der Waals surface area contributed by atoms with Gasteiger partial charge in [-0.15, -0.1) is 0 Å². The molecule has 9 heteroatoms. The van der Waals surface area contributed by atoms with E-state index in [0.717, 1.165) is 54.2 Å². The van der Waals surface area contributed by atoms with Gasteiger partial charge in [0.25, 0.3) is 0 Å². The molecule has 9 nitrogen and oxygen atoms in total. The summed E-state index contributed by atoms with van der Waals surface area (Å²) in [4.78, 5) is 60.7. The highest BCUT2D eigenvalue weighted by Crippen LogP contribution is 2.44. The van der Waals surface area contributed by atoms with Crippen molar-refractivity contribution in [3.05, 3.63) is 133 Å². The van der Waals surface area contributed by atoms with E-state index in [1.54, 1.807) is 60.7 Å². The molecule has 0 aliphatic rings. The van der Waals surface area contributed by atoms with Crippen LogP contribution >= 0.6 is 0 Å². The Bertz CT molecular complexity index is 3020. The van der Waals surface area contributed by atoms with Gasteiger partial charge in [0.05, 0.1) is 22.7 Å². The quantitative estimate of drug-likeness (QED) is 0.116. The lowest BCUT2D eigenvalue weighted by Gasteiger charge is -2.15. The fraction of sp³-hybridized carbons (Fsp3) is 0. The minimum atomic E-state index is 0.413. The third kappa shape index (κ3) is 6.23. The van der Waals surface area contributed by atoms with E-state index in [9.17, 15) is 19.2 Å². The summed E-state index contributed by atoms with van der Waals surface area (Å²) in [5, 5.41) is 6.90. The zero-order chi connectivity index (χ0) is 36.3. The third-order valence-corrected chi connectivity index (χ3v) is 9.08.